The molecule has 0 aromatic carbocycles. The Morgan fingerprint density at radius 2 is 1.94 bits per heavy atom. The topological polar surface area (TPSA) is 21.6 Å². The zero-order valence-corrected chi connectivity index (χ0v) is 12.5. The van der Waals surface area contributed by atoms with Crippen molar-refractivity contribution < 1.29 is 4.74 Å². The molecule has 18 heavy (non-hydrogen) atoms. The van der Waals surface area contributed by atoms with Crippen LogP contribution in [0.15, 0.2) is 4.99 Å². The van der Waals surface area contributed by atoms with Gasteiger partial charge in [-0.2, -0.15) is 0 Å². The highest BCUT2D eigenvalue weighted by atomic mass is 16.5. The van der Waals surface area contributed by atoms with Gasteiger partial charge in [0.15, 0.2) is 5.90 Å². The van der Waals surface area contributed by atoms with E-state index in [1.165, 1.54) is 38.5 Å². The maximum Gasteiger partial charge on any atom is 0.186 e. The number of aliphatic imine (C=N–C) groups is 1. The van der Waals surface area contributed by atoms with Crippen LogP contribution in [0.2, 0.25) is 0 Å². The van der Waals surface area contributed by atoms with Crippen molar-refractivity contribution in [2.24, 2.45) is 16.8 Å². The fourth-order valence-corrected chi connectivity index (χ4v) is 3.57. The maximum atomic E-state index is 5.98. The quantitative estimate of drug-likeness (QED) is 0.719. The van der Waals surface area contributed by atoms with Gasteiger partial charge in [-0.15, -0.1) is 0 Å². The summed E-state index contributed by atoms with van der Waals surface area (Å²) in [5.74, 6) is 2.42. The number of rotatable bonds is 3. The highest BCUT2D eigenvalue weighted by Gasteiger charge is 2.31. The Balaban J connectivity index is 1.95. The average Bonchev–Trinajstić information content (AvgIpc) is 2.27. The van der Waals surface area contributed by atoms with E-state index in [1.807, 2.05) is 0 Å². The highest BCUT2D eigenvalue weighted by molar-refractivity contribution is 5.79. The molecule has 1 fully saturated rings. The van der Waals surface area contributed by atoms with Gasteiger partial charge in [0.2, 0.25) is 0 Å². The Kier molecular flexibility index (Phi) is 4.34. The molecular formula is C16H29NO. The zero-order chi connectivity index (χ0) is 13.2. The molecule has 104 valence electrons. The molecule has 0 aromatic heterocycles. The van der Waals surface area contributed by atoms with Crippen LogP contribution >= 0.6 is 0 Å². The Bertz CT molecular complexity index is 302. The van der Waals surface area contributed by atoms with Crippen LogP contribution in [-0.2, 0) is 4.74 Å². The predicted octanol–water partition coefficient (Wildman–Crippen LogP) is 4.58. The molecular weight excluding hydrogens is 222 g/mol. The molecule has 1 aliphatic carbocycles. The van der Waals surface area contributed by atoms with Gasteiger partial charge in [-0.05, 0) is 33.1 Å². The summed E-state index contributed by atoms with van der Waals surface area (Å²) in [4.78, 5) is 4.82. The van der Waals surface area contributed by atoms with Crippen molar-refractivity contribution in [2.45, 2.75) is 84.3 Å². The molecule has 0 aromatic rings. The van der Waals surface area contributed by atoms with E-state index in [0.29, 0.717) is 12.0 Å². The molecule has 0 bridgehead atoms. The molecule has 1 aliphatic heterocycles. The van der Waals surface area contributed by atoms with Crippen LogP contribution in [0.5, 0.6) is 0 Å². The van der Waals surface area contributed by atoms with Crippen LogP contribution in [0.4, 0.5) is 0 Å². The first kappa shape index (κ1) is 13.9. The third kappa shape index (κ3) is 3.73. The van der Waals surface area contributed by atoms with Gasteiger partial charge in [-0.3, -0.25) is 0 Å². The van der Waals surface area contributed by atoms with Gasteiger partial charge in [0.1, 0.15) is 0 Å². The van der Waals surface area contributed by atoms with E-state index < -0.39 is 0 Å². The second-order valence-corrected chi connectivity index (χ2v) is 7.04. The van der Waals surface area contributed by atoms with E-state index in [0.717, 1.165) is 18.2 Å². The molecule has 0 unspecified atom stereocenters. The molecule has 2 nitrogen and oxygen atoms in total. The summed E-state index contributed by atoms with van der Waals surface area (Å²) in [5, 5.41) is 0. The smallest absolute Gasteiger partial charge is 0.186 e. The van der Waals surface area contributed by atoms with Crippen molar-refractivity contribution >= 4 is 5.90 Å². The van der Waals surface area contributed by atoms with Gasteiger partial charge in [0, 0.05) is 12.3 Å². The molecule has 2 rings (SSSR count). The largest absolute Gasteiger partial charge is 0.478 e. The number of ether oxygens (including phenoxy) is 1. The van der Waals surface area contributed by atoms with Crippen molar-refractivity contribution in [3.8, 4) is 0 Å². The molecule has 2 aliphatic rings. The lowest BCUT2D eigenvalue weighted by atomic mass is 9.83. The first-order valence-corrected chi connectivity index (χ1v) is 7.73. The van der Waals surface area contributed by atoms with E-state index in [9.17, 15) is 0 Å². The number of hydrogen-bond donors (Lipinski definition) is 0. The number of nitrogens with zero attached hydrogens (tertiary/aromatic N) is 1. The van der Waals surface area contributed by atoms with Crippen LogP contribution in [0, 0.1) is 11.8 Å². The molecule has 0 N–H and O–H groups in total. The van der Waals surface area contributed by atoms with Crippen LogP contribution in [0.25, 0.3) is 0 Å². The van der Waals surface area contributed by atoms with E-state index in [1.54, 1.807) is 0 Å². The van der Waals surface area contributed by atoms with E-state index in [4.69, 9.17) is 9.73 Å². The number of hydrogen-bond acceptors (Lipinski definition) is 2. The second-order valence-electron chi connectivity index (χ2n) is 7.04. The Morgan fingerprint density at radius 1 is 1.28 bits per heavy atom. The maximum absolute atomic E-state index is 5.98. The van der Waals surface area contributed by atoms with Gasteiger partial charge in [-0.1, -0.05) is 39.0 Å². The van der Waals surface area contributed by atoms with Crippen molar-refractivity contribution in [3.63, 3.8) is 0 Å². The van der Waals surface area contributed by atoms with Crippen LogP contribution < -0.4 is 0 Å². The van der Waals surface area contributed by atoms with E-state index >= 15 is 0 Å². The summed E-state index contributed by atoms with van der Waals surface area (Å²) in [6.45, 7) is 8.91. The Morgan fingerprint density at radius 3 is 2.56 bits per heavy atom. The van der Waals surface area contributed by atoms with Crippen LogP contribution in [0.3, 0.4) is 0 Å². The van der Waals surface area contributed by atoms with Gasteiger partial charge >= 0.3 is 0 Å². The van der Waals surface area contributed by atoms with Gasteiger partial charge in [-0.25, -0.2) is 4.99 Å². The van der Waals surface area contributed by atoms with Gasteiger partial charge in [0.25, 0.3) is 0 Å². The summed E-state index contributed by atoms with van der Waals surface area (Å²) in [5.41, 5.74) is 0.0633. The lowest BCUT2D eigenvalue weighted by Gasteiger charge is -2.34. The fourth-order valence-electron chi connectivity index (χ4n) is 3.57. The molecule has 1 saturated carbocycles. The van der Waals surface area contributed by atoms with Crippen molar-refractivity contribution in [1.29, 1.82) is 0 Å². The van der Waals surface area contributed by atoms with E-state index in [-0.39, 0.29) is 5.54 Å². The second kappa shape index (κ2) is 5.63. The van der Waals surface area contributed by atoms with E-state index in [2.05, 4.69) is 27.7 Å². The third-order valence-corrected chi connectivity index (χ3v) is 4.35. The molecule has 2 heteroatoms. The summed E-state index contributed by atoms with van der Waals surface area (Å²) in [7, 11) is 0. The van der Waals surface area contributed by atoms with Gasteiger partial charge in [0.05, 0.1) is 11.6 Å². The van der Waals surface area contributed by atoms with Crippen LogP contribution in [0.1, 0.15) is 72.6 Å². The average molecular weight is 251 g/mol. The van der Waals surface area contributed by atoms with Crippen molar-refractivity contribution in [3.05, 3.63) is 0 Å². The first-order valence-electron chi connectivity index (χ1n) is 7.73. The van der Waals surface area contributed by atoms with Crippen molar-refractivity contribution in [2.75, 3.05) is 0 Å². The third-order valence-electron chi connectivity index (χ3n) is 4.35. The molecule has 0 radical (unpaired) electrons. The molecule has 0 saturated heterocycles. The molecule has 0 spiro atoms. The van der Waals surface area contributed by atoms with Crippen LogP contribution in [-0.4, -0.2) is 17.5 Å². The normalized spacial score (nSPS) is 30.4. The molecule has 0 amide bonds. The minimum absolute atomic E-state index is 0.0633. The monoisotopic (exact) mass is 251 g/mol. The minimum atomic E-state index is 0.0633. The Labute approximate surface area is 112 Å². The summed E-state index contributed by atoms with van der Waals surface area (Å²) < 4.78 is 5.98. The lowest BCUT2D eigenvalue weighted by molar-refractivity contribution is 0.128. The molecule has 2 atom stereocenters. The lowest BCUT2D eigenvalue weighted by Crippen LogP contribution is -2.36. The standard InChI is InChI=1S/C16H29NO/c1-12(10-14-8-6-5-7-9-14)15-17-16(3,4)11-13(2)18-15/h12-14H,5-11H2,1-4H3/t12-,13-/m1/s1. The van der Waals surface area contributed by atoms with Gasteiger partial charge < -0.3 is 4.74 Å². The minimum Gasteiger partial charge on any atom is -0.478 e. The zero-order valence-electron chi connectivity index (χ0n) is 12.5. The fraction of sp³-hybridized carbons (Fsp3) is 0.938. The Hall–Kier alpha value is -0.530. The predicted molar refractivity (Wildman–Crippen MR) is 77.0 cm³/mol. The summed E-state index contributed by atoms with van der Waals surface area (Å²) >= 11 is 0. The first-order chi connectivity index (χ1) is 8.46. The highest BCUT2D eigenvalue weighted by Crippen LogP contribution is 2.32. The SMILES string of the molecule is C[C@@H]1CC(C)(C)N=C([C@H](C)CC2CCCCC2)O1. The molecule has 1 heterocycles. The summed E-state index contributed by atoms with van der Waals surface area (Å²) in [6.07, 6.45) is 9.73. The summed E-state index contributed by atoms with van der Waals surface area (Å²) in [6, 6.07) is 0. The van der Waals surface area contributed by atoms with Crippen molar-refractivity contribution in [1.82, 2.24) is 0 Å².